The van der Waals surface area contributed by atoms with Gasteiger partial charge in [0.15, 0.2) is 0 Å². The van der Waals surface area contributed by atoms with Crippen molar-refractivity contribution in [2.24, 2.45) is 4.99 Å². The van der Waals surface area contributed by atoms with E-state index in [0.717, 1.165) is 23.4 Å². The van der Waals surface area contributed by atoms with E-state index in [4.69, 9.17) is 5.73 Å². The maximum Gasteiger partial charge on any atom is 0.147 e. The molecule has 0 fully saturated rings. The summed E-state index contributed by atoms with van der Waals surface area (Å²) in [4.78, 5) is 12.3. The Morgan fingerprint density at radius 3 is 3.23 bits per heavy atom. The number of rotatable bonds is 0. The lowest BCUT2D eigenvalue weighted by Crippen LogP contribution is -1.97. The molecule has 0 amide bonds. The van der Waals surface area contributed by atoms with E-state index in [2.05, 4.69) is 15.0 Å². The topological polar surface area (TPSA) is 69.1 Å². The van der Waals surface area contributed by atoms with Gasteiger partial charge < -0.3 is 10.3 Å². The number of hydrogen-bond donors (Lipinski definition) is 1. The van der Waals surface area contributed by atoms with Crippen molar-refractivity contribution in [2.45, 2.75) is 6.54 Å². The zero-order valence-corrected chi connectivity index (χ0v) is 6.81. The number of aliphatic imine (C=N–C) groups is 1. The maximum atomic E-state index is 5.70. The van der Waals surface area contributed by atoms with E-state index in [0.29, 0.717) is 5.82 Å². The van der Waals surface area contributed by atoms with Crippen molar-refractivity contribution in [3.8, 4) is 0 Å². The van der Waals surface area contributed by atoms with E-state index in [1.54, 1.807) is 0 Å². The summed E-state index contributed by atoms with van der Waals surface area (Å²) in [5.41, 5.74) is 6.56. The first kappa shape index (κ1) is 6.59. The summed E-state index contributed by atoms with van der Waals surface area (Å²) >= 11 is 0. The normalized spacial score (nSPS) is 13.8. The van der Waals surface area contributed by atoms with Crippen molar-refractivity contribution in [3.05, 3.63) is 12.4 Å². The van der Waals surface area contributed by atoms with Gasteiger partial charge in [-0.05, 0) is 6.07 Å². The highest BCUT2D eigenvalue weighted by molar-refractivity contribution is 5.91. The second-order valence-corrected chi connectivity index (χ2v) is 2.92. The van der Waals surface area contributed by atoms with E-state index >= 15 is 0 Å². The second kappa shape index (κ2) is 2.07. The van der Waals surface area contributed by atoms with Crippen LogP contribution in [-0.2, 0) is 6.54 Å². The summed E-state index contributed by atoms with van der Waals surface area (Å²) in [5, 5.41) is 0.884. The Morgan fingerprint density at radius 1 is 1.38 bits per heavy atom. The Labute approximate surface area is 73.9 Å². The minimum atomic E-state index is 0.516. The predicted molar refractivity (Wildman–Crippen MR) is 50.1 cm³/mol. The number of nitrogen functional groups attached to an aromatic ring is 1. The molecule has 64 valence electrons. The predicted octanol–water partition coefficient (Wildman–Crippen LogP) is 0.729. The van der Waals surface area contributed by atoms with Crippen molar-refractivity contribution < 1.29 is 0 Å². The van der Waals surface area contributed by atoms with Gasteiger partial charge in [-0.3, -0.25) is 0 Å². The minimum Gasteiger partial charge on any atom is -0.383 e. The number of nitrogens with zero attached hydrogens (tertiary/aromatic N) is 4. The van der Waals surface area contributed by atoms with Crippen LogP contribution >= 0.6 is 0 Å². The monoisotopic (exact) mass is 173 g/mol. The third-order valence-corrected chi connectivity index (χ3v) is 2.19. The second-order valence-electron chi connectivity index (χ2n) is 2.92. The highest BCUT2D eigenvalue weighted by Crippen LogP contribution is 2.28. The fourth-order valence-corrected chi connectivity index (χ4v) is 1.57. The lowest BCUT2D eigenvalue weighted by molar-refractivity contribution is 0.926. The summed E-state index contributed by atoms with van der Waals surface area (Å²) in [6, 6.07) is 1.91. The molecule has 0 bridgehead atoms. The van der Waals surface area contributed by atoms with Crippen LogP contribution in [0.25, 0.3) is 11.0 Å². The Hall–Kier alpha value is -1.91. The van der Waals surface area contributed by atoms with Gasteiger partial charge in [0.25, 0.3) is 0 Å². The van der Waals surface area contributed by atoms with Crippen molar-refractivity contribution >= 4 is 28.9 Å². The molecule has 0 radical (unpaired) electrons. The van der Waals surface area contributed by atoms with Crippen molar-refractivity contribution in [1.82, 2.24) is 14.5 Å². The highest BCUT2D eigenvalue weighted by Gasteiger charge is 2.13. The zero-order chi connectivity index (χ0) is 8.84. The van der Waals surface area contributed by atoms with E-state index in [1.165, 1.54) is 6.33 Å². The number of hydrogen-bond acceptors (Lipinski definition) is 4. The summed E-state index contributed by atoms with van der Waals surface area (Å²) < 4.78 is 2.01. The molecule has 0 aliphatic carbocycles. The van der Waals surface area contributed by atoms with Crippen molar-refractivity contribution in [2.75, 3.05) is 5.73 Å². The Morgan fingerprint density at radius 2 is 2.31 bits per heavy atom. The molecule has 2 aromatic heterocycles. The molecule has 0 spiro atoms. The van der Waals surface area contributed by atoms with Crippen LogP contribution in [0.3, 0.4) is 0 Å². The number of nitrogens with two attached hydrogens (primary N) is 1. The third kappa shape index (κ3) is 0.729. The molecule has 2 N–H and O–H groups in total. The molecule has 3 heterocycles. The van der Waals surface area contributed by atoms with Gasteiger partial charge in [-0.25, -0.2) is 15.0 Å². The molecule has 5 heteroatoms. The lowest BCUT2D eigenvalue weighted by Gasteiger charge is -1.97. The van der Waals surface area contributed by atoms with Crippen LogP contribution < -0.4 is 5.73 Å². The zero-order valence-electron chi connectivity index (χ0n) is 6.81. The average molecular weight is 173 g/mol. The first-order valence-electron chi connectivity index (χ1n) is 3.98. The minimum absolute atomic E-state index is 0.516. The number of anilines is 1. The molecule has 3 rings (SSSR count). The molecule has 0 saturated heterocycles. The fourth-order valence-electron chi connectivity index (χ4n) is 1.57. The van der Waals surface area contributed by atoms with Crippen LogP contribution in [0.4, 0.5) is 11.6 Å². The SMILES string of the molecule is Nc1ncnc2c1cc1n2CC=N1. The van der Waals surface area contributed by atoms with Crippen LogP contribution in [0, 0.1) is 0 Å². The van der Waals surface area contributed by atoms with E-state index in [-0.39, 0.29) is 0 Å². The van der Waals surface area contributed by atoms with Gasteiger partial charge in [0.1, 0.15) is 23.6 Å². The van der Waals surface area contributed by atoms with E-state index < -0.39 is 0 Å². The van der Waals surface area contributed by atoms with Crippen LogP contribution in [0.2, 0.25) is 0 Å². The Kier molecular flexibility index (Phi) is 1.05. The molecule has 0 unspecified atom stereocenters. The molecular formula is C8H7N5. The van der Waals surface area contributed by atoms with Gasteiger partial charge >= 0.3 is 0 Å². The average Bonchev–Trinajstić information content (AvgIpc) is 2.65. The summed E-state index contributed by atoms with van der Waals surface area (Å²) in [7, 11) is 0. The largest absolute Gasteiger partial charge is 0.383 e. The van der Waals surface area contributed by atoms with Crippen LogP contribution in [0.5, 0.6) is 0 Å². The molecule has 13 heavy (non-hydrogen) atoms. The standard InChI is InChI=1S/C8H7N5/c9-7-5-3-6-10-1-2-13(6)8(5)12-4-11-7/h1,3-4H,2H2,(H2,9,11,12). The number of aromatic nitrogens is 3. The Balaban J connectivity index is 2.49. The van der Waals surface area contributed by atoms with Crippen molar-refractivity contribution in [3.63, 3.8) is 0 Å². The number of fused-ring (bicyclic) bond motifs is 3. The van der Waals surface area contributed by atoms with Gasteiger partial charge in [-0.15, -0.1) is 0 Å². The molecular weight excluding hydrogens is 166 g/mol. The van der Waals surface area contributed by atoms with Crippen LogP contribution in [-0.4, -0.2) is 20.7 Å². The van der Waals surface area contributed by atoms with Gasteiger partial charge in [0.2, 0.25) is 0 Å². The smallest absolute Gasteiger partial charge is 0.147 e. The third-order valence-electron chi connectivity index (χ3n) is 2.19. The molecule has 0 saturated carbocycles. The molecule has 1 aliphatic rings. The lowest BCUT2D eigenvalue weighted by atomic mass is 10.4. The molecule has 0 atom stereocenters. The summed E-state index contributed by atoms with van der Waals surface area (Å²) in [6.07, 6.45) is 3.33. The first-order valence-corrected chi connectivity index (χ1v) is 3.98. The molecule has 2 aromatic rings. The van der Waals surface area contributed by atoms with Gasteiger partial charge in [-0.2, -0.15) is 0 Å². The first-order chi connectivity index (χ1) is 6.36. The quantitative estimate of drug-likeness (QED) is 0.638. The van der Waals surface area contributed by atoms with Crippen LogP contribution in [0.1, 0.15) is 0 Å². The summed E-state index contributed by atoms with van der Waals surface area (Å²) in [5.74, 6) is 1.42. The van der Waals surface area contributed by atoms with E-state index in [9.17, 15) is 0 Å². The maximum absolute atomic E-state index is 5.70. The van der Waals surface area contributed by atoms with Gasteiger partial charge in [0, 0.05) is 6.21 Å². The van der Waals surface area contributed by atoms with E-state index in [1.807, 2.05) is 16.8 Å². The van der Waals surface area contributed by atoms with Crippen LogP contribution in [0.15, 0.2) is 17.4 Å². The molecule has 0 aromatic carbocycles. The highest BCUT2D eigenvalue weighted by atomic mass is 15.2. The van der Waals surface area contributed by atoms with Crippen molar-refractivity contribution in [1.29, 1.82) is 0 Å². The Bertz CT molecular complexity index is 510. The van der Waals surface area contributed by atoms with Gasteiger partial charge in [-0.1, -0.05) is 0 Å². The molecule has 5 nitrogen and oxygen atoms in total. The molecule has 1 aliphatic heterocycles. The van der Waals surface area contributed by atoms with Gasteiger partial charge in [0.05, 0.1) is 11.9 Å². The summed E-state index contributed by atoms with van der Waals surface area (Å²) in [6.45, 7) is 0.773. The fraction of sp³-hybridized carbons (Fsp3) is 0.125.